The number of nitrogens with zero attached hydrogens (tertiary/aromatic N) is 3. The van der Waals surface area contributed by atoms with Crippen LogP contribution in [0.4, 0.5) is 15.9 Å². The monoisotopic (exact) mass is 350 g/mol. The van der Waals surface area contributed by atoms with Crippen molar-refractivity contribution < 1.29 is 9.13 Å². The molecule has 1 aromatic heterocycles. The molecule has 1 aliphatic heterocycles. The Balaban J connectivity index is 1.52. The Morgan fingerprint density at radius 2 is 1.88 bits per heavy atom. The topological polar surface area (TPSA) is 50.3 Å². The Bertz CT molecular complexity index is 948. The van der Waals surface area contributed by atoms with Crippen molar-refractivity contribution in [3.63, 3.8) is 0 Å². The third-order valence-electron chi connectivity index (χ3n) is 4.49. The van der Waals surface area contributed by atoms with E-state index in [0.29, 0.717) is 17.9 Å². The first kappa shape index (κ1) is 16.3. The largest absolute Gasteiger partial charge is 0.494 e. The van der Waals surface area contributed by atoms with Crippen LogP contribution >= 0.6 is 0 Å². The molecule has 6 heteroatoms. The van der Waals surface area contributed by atoms with Crippen LogP contribution < -0.4 is 15.0 Å². The zero-order valence-electron chi connectivity index (χ0n) is 14.4. The number of anilines is 2. The minimum Gasteiger partial charge on any atom is -0.494 e. The molecule has 0 aliphatic carbocycles. The van der Waals surface area contributed by atoms with Gasteiger partial charge in [-0.2, -0.15) is 0 Å². The fourth-order valence-corrected chi connectivity index (χ4v) is 3.05. The highest BCUT2D eigenvalue weighted by atomic mass is 19.1. The Labute approximate surface area is 151 Å². The third kappa shape index (κ3) is 3.18. The zero-order valence-corrected chi connectivity index (χ0v) is 14.4. The number of methoxy groups -OCH3 is 1. The molecule has 0 fully saturated rings. The number of fused-ring (bicyclic) bond motifs is 1. The van der Waals surface area contributed by atoms with Gasteiger partial charge in [-0.15, -0.1) is 0 Å². The normalized spacial score (nSPS) is 13.4. The van der Waals surface area contributed by atoms with Gasteiger partial charge in [-0.3, -0.25) is 0 Å². The molecule has 1 aliphatic rings. The first-order valence-corrected chi connectivity index (χ1v) is 8.45. The fourth-order valence-electron chi connectivity index (χ4n) is 3.05. The van der Waals surface area contributed by atoms with Gasteiger partial charge in [-0.1, -0.05) is 24.3 Å². The number of rotatable bonds is 5. The van der Waals surface area contributed by atoms with Gasteiger partial charge in [0.1, 0.15) is 12.1 Å². The van der Waals surface area contributed by atoms with Gasteiger partial charge in [-0.05, 0) is 23.8 Å². The van der Waals surface area contributed by atoms with Crippen molar-refractivity contribution in [1.29, 1.82) is 0 Å². The summed E-state index contributed by atoms with van der Waals surface area (Å²) in [5.74, 6) is 0.400. The predicted octanol–water partition coefficient (Wildman–Crippen LogP) is 3.77. The molecule has 2 aromatic carbocycles. The van der Waals surface area contributed by atoms with Crippen LogP contribution in [0.25, 0.3) is 10.9 Å². The summed E-state index contributed by atoms with van der Waals surface area (Å²) >= 11 is 0. The Morgan fingerprint density at radius 1 is 1.12 bits per heavy atom. The molecular formula is C20H19FN4O. The molecule has 0 saturated carbocycles. The van der Waals surface area contributed by atoms with E-state index < -0.39 is 5.82 Å². The molecule has 5 nitrogen and oxygen atoms in total. The van der Waals surface area contributed by atoms with Gasteiger partial charge in [0.05, 0.1) is 12.6 Å². The first-order chi connectivity index (χ1) is 12.7. The average Bonchev–Trinajstić information content (AvgIpc) is 3.21. The molecule has 0 spiro atoms. The van der Waals surface area contributed by atoms with E-state index in [1.165, 1.54) is 25.2 Å². The molecule has 26 heavy (non-hydrogen) atoms. The van der Waals surface area contributed by atoms with Gasteiger partial charge >= 0.3 is 0 Å². The molecule has 3 aromatic rings. The number of benzene rings is 2. The van der Waals surface area contributed by atoms with E-state index in [1.54, 1.807) is 6.07 Å². The number of aromatic nitrogens is 2. The van der Waals surface area contributed by atoms with Gasteiger partial charge < -0.3 is 15.0 Å². The lowest BCUT2D eigenvalue weighted by Gasteiger charge is -2.18. The van der Waals surface area contributed by atoms with Gasteiger partial charge in [0, 0.05) is 36.8 Å². The summed E-state index contributed by atoms with van der Waals surface area (Å²) in [6.45, 7) is 2.54. The van der Waals surface area contributed by atoms with E-state index in [-0.39, 0.29) is 5.75 Å². The molecule has 0 radical (unpaired) electrons. The highest BCUT2D eigenvalue weighted by Gasteiger charge is 2.11. The highest BCUT2D eigenvalue weighted by molar-refractivity contribution is 5.90. The summed E-state index contributed by atoms with van der Waals surface area (Å²) in [5, 5.41) is 4.04. The van der Waals surface area contributed by atoms with Crippen LogP contribution in [-0.4, -0.2) is 30.2 Å². The van der Waals surface area contributed by atoms with E-state index >= 15 is 0 Å². The van der Waals surface area contributed by atoms with Crippen molar-refractivity contribution in [3.8, 4) is 5.75 Å². The Kier molecular flexibility index (Phi) is 4.39. The van der Waals surface area contributed by atoms with Crippen LogP contribution in [0.15, 0.2) is 54.9 Å². The molecule has 0 saturated heterocycles. The Hall–Kier alpha value is -3.15. The molecular weight excluding hydrogens is 331 g/mol. The maximum absolute atomic E-state index is 13.9. The molecule has 0 atom stereocenters. The minimum absolute atomic E-state index is 0.180. The summed E-state index contributed by atoms with van der Waals surface area (Å²) in [5.41, 5.74) is 2.89. The van der Waals surface area contributed by atoms with Crippen LogP contribution in [0.3, 0.4) is 0 Å². The Morgan fingerprint density at radius 3 is 2.62 bits per heavy atom. The fraction of sp³-hybridized carbons (Fsp3) is 0.200. The van der Waals surface area contributed by atoms with Crippen LogP contribution in [0, 0.1) is 5.82 Å². The van der Waals surface area contributed by atoms with E-state index in [4.69, 9.17) is 4.74 Å². The smallest absolute Gasteiger partial charge is 0.167 e. The van der Waals surface area contributed by atoms with Crippen molar-refractivity contribution >= 4 is 22.4 Å². The minimum atomic E-state index is -0.434. The average molecular weight is 350 g/mol. The molecule has 0 bridgehead atoms. The summed E-state index contributed by atoms with van der Waals surface area (Å²) in [6.07, 6.45) is 5.78. The molecule has 0 unspecified atom stereocenters. The van der Waals surface area contributed by atoms with Crippen molar-refractivity contribution in [2.75, 3.05) is 30.4 Å². The first-order valence-electron chi connectivity index (χ1n) is 8.45. The lowest BCUT2D eigenvalue weighted by Crippen LogP contribution is -2.18. The number of ether oxygens (including phenoxy) is 1. The number of hydrogen-bond acceptors (Lipinski definition) is 5. The van der Waals surface area contributed by atoms with E-state index in [9.17, 15) is 4.39 Å². The predicted molar refractivity (Wildman–Crippen MR) is 101 cm³/mol. The zero-order chi connectivity index (χ0) is 17.9. The van der Waals surface area contributed by atoms with Crippen molar-refractivity contribution in [3.05, 3.63) is 66.3 Å². The van der Waals surface area contributed by atoms with Crippen LogP contribution in [0.2, 0.25) is 0 Å². The second kappa shape index (κ2) is 7.00. The number of hydrogen-bond donors (Lipinski definition) is 1. The second-order valence-electron chi connectivity index (χ2n) is 6.12. The van der Waals surface area contributed by atoms with Crippen molar-refractivity contribution in [2.24, 2.45) is 0 Å². The van der Waals surface area contributed by atoms with E-state index in [2.05, 4.69) is 56.6 Å². The van der Waals surface area contributed by atoms with Gasteiger partial charge in [0.25, 0.3) is 0 Å². The summed E-state index contributed by atoms with van der Waals surface area (Å²) in [7, 11) is 1.44. The number of nitrogens with one attached hydrogen (secondary N) is 1. The molecule has 0 amide bonds. The molecule has 2 heterocycles. The standard InChI is InChI=1S/C20H19FN4O/c1-26-19-10-16-18(11-17(19)21)23-13-24-20(16)22-12-14-4-6-15(7-5-14)25-8-2-3-9-25/h2-7,10-11,13H,8-9,12H2,1H3,(H,22,23,24). The van der Waals surface area contributed by atoms with Crippen molar-refractivity contribution in [1.82, 2.24) is 9.97 Å². The lowest BCUT2D eigenvalue weighted by atomic mass is 10.2. The van der Waals surface area contributed by atoms with Crippen LogP contribution in [-0.2, 0) is 6.54 Å². The second-order valence-corrected chi connectivity index (χ2v) is 6.12. The molecule has 4 rings (SSSR count). The third-order valence-corrected chi connectivity index (χ3v) is 4.49. The van der Waals surface area contributed by atoms with Crippen molar-refractivity contribution in [2.45, 2.75) is 6.54 Å². The lowest BCUT2D eigenvalue weighted by molar-refractivity contribution is 0.387. The van der Waals surface area contributed by atoms with E-state index in [0.717, 1.165) is 24.0 Å². The summed E-state index contributed by atoms with van der Waals surface area (Å²) in [4.78, 5) is 10.7. The highest BCUT2D eigenvalue weighted by Crippen LogP contribution is 2.27. The van der Waals surface area contributed by atoms with E-state index in [1.807, 2.05) is 0 Å². The summed E-state index contributed by atoms with van der Waals surface area (Å²) in [6, 6.07) is 11.4. The van der Waals surface area contributed by atoms with Crippen LogP contribution in [0.1, 0.15) is 5.56 Å². The van der Waals surface area contributed by atoms with Gasteiger partial charge in [-0.25, -0.2) is 14.4 Å². The van der Waals surface area contributed by atoms with Gasteiger partial charge in [0.2, 0.25) is 0 Å². The summed E-state index contributed by atoms with van der Waals surface area (Å²) < 4.78 is 18.9. The number of halogens is 1. The van der Waals surface area contributed by atoms with Crippen LogP contribution in [0.5, 0.6) is 5.75 Å². The molecule has 1 N–H and O–H groups in total. The maximum atomic E-state index is 13.9. The molecule has 132 valence electrons. The quantitative estimate of drug-likeness (QED) is 0.710. The SMILES string of the molecule is COc1cc2c(NCc3ccc(N4CC=CC4)cc3)ncnc2cc1F. The van der Waals surface area contributed by atoms with Gasteiger partial charge in [0.15, 0.2) is 11.6 Å². The maximum Gasteiger partial charge on any atom is 0.167 e.